The molecular weight excluding hydrogens is 256 g/mol. The summed E-state index contributed by atoms with van der Waals surface area (Å²) in [7, 11) is 0. The van der Waals surface area contributed by atoms with Gasteiger partial charge in [-0.1, -0.05) is 13.8 Å². The van der Waals surface area contributed by atoms with Crippen molar-refractivity contribution >= 4 is 11.9 Å². The Kier molecular flexibility index (Phi) is 4.06. The molecule has 2 atom stereocenters. The first-order valence-electron chi connectivity index (χ1n) is 6.84. The van der Waals surface area contributed by atoms with Gasteiger partial charge in [-0.3, -0.25) is 14.6 Å². The Morgan fingerprint density at radius 3 is 2.55 bits per heavy atom. The van der Waals surface area contributed by atoms with Gasteiger partial charge in [-0.05, 0) is 30.4 Å². The van der Waals surface area contributed by atoms with E-state index in [2.05, 4.69) is 4.98 Å². The van der Waals surface area contributed by atoms with Crippen LogP contribution in [0.2, 0.25) is 0 Å². The molecule has 1 N–H and O–H groups in total. The molecule has 0 spiro atoms. The predicted octanol–water partition coefficient (Wildman–Crippen LogP) is 1.82. The van der Waals surface area contributed by atoms with Crippen LogP contribution in [-0.4, -0.2) is 40.0 Å². The number of aromatic nitrogens is 1. The van der Waals surface area contributed by atoms with E-state index in [1.54, 1.807) is 17.2 Å². The van der Waals surface area contributed by atoms with Gasteiger partial charge in [-0.2, -0.15) is 0 Å². The average molecular weight is 276 g/mol. The van der Waals surface area contributed by atoms with Crippen LogP contribution in [-0.2, 0) is 4.79 Å². The third kappa shape index (κ3) is 2.81. The first-order chi connectivity index (χ1) is 9.40. The number of aryl methyl sites for hydroxylation is 1. The van der Waals surface area contributed by atoms with Crippen molar-refractivity contribution < 1.29 is 14.7 Å². The van der Waals surface area contributed by atoms with E-state index in [9.17, 15) is 14.7 Å². The van der Waals surface area contributed by atoms with E-state index in [1.165, 1.54) is 6.20 Å². The van der Waals surface area contributed by atoms with Crippen molar-refractivity contribution in [3.8, 4) is 0 Å². The zero-order valence-electron chi connectivity index (χ0n) is 12.0. The number of amides is 1. The summed E-state index contributed by atoms with van der Waals surface area (Å²) in [5, 5.41) is 9.30. The second kappa shape index (κ2) is 5.61. The lowest BCUT2D eigenvalue weighted by molar-refractivity contribution is -0.142. The van der Waals surface area contributed by atoms with Crippen LogP contribution in [0.1, 0.15) is 29.8 Å². The zero-order valence-corrected chi connectivity index (χ0v) is 12.0. The molecule has 108 valence electrons. The van der Waals surface area contributed by atoms with Crippen LogP contribution >= 0.6 is 0 Å². The van der Waals surface area contributed by atoms with E-state index >= 15 is 0 Å². The van der Waals surface area contributed by atoms with Crippen LogP contribution in [0.15, 0.2) is 18.5 Å². The van der Waals surface area contributed by atoms with Crippen LogP contribution in [0.4, 0.5) is 0 Å². The van der Waals surface area contributed by atoms with E-state index in [1.807, 2.05) is 20.8 Å². The zero-order chi connectivity index (χ0) is 14.9. The number of aliphatic carboxylic acids is 1. The SMILES string of the molecule is Cc1cncc(C(=O)N2C[C@@H](C(=O)O)[C@H](C(C)C)C2)c1. The minimum absolute atomic E-state index is 0.00854. The normalized spacial score (nSPS) is 22.3. The highest BCUT2D eigenvalue weighted by Crippen LogP contribution is 2.30. The molecule has 0 aliphatic carbocycles. The Labute approximate surface area is 118 Å². The van der Waals surface area contributed by atoms with Crippen molar-refractivity contribution in [1.29, 1.82) is 0 Å². The third-order valence-corrected chi connectivity index (χ3v) is 3.95. The summed E-state index contributed by atoms with van der Waals surface area (Å²) in [6, 6.07) is 1.79. The van der Waals surface area contributed by atoms with E-state index in [0.717, 1.165) is 5.56 Å². The quantitative estimate of drug-likeness (QED) is 0.914. The number of hydrogen-bond donors (Lipinski definition) is 1. The number of nitrogens with zero attached hydrogens (tertiary/aromatic N) is 2. The maximum Gasteiger partial charge on any atom is 0.308 e. The van der Waals surface area contributed by atoms with E-state index in [0.29, 0.717) is 12.1 Å². The molecule has 1 aromatic rings. The highest BCUT2D eigenvalue weighted by molar-refractivity contribution is 5.94. The van der Waals surface area contributed by atoms with Gasteiger partial charge < -0.3 is 10.0 Å². The van der Waals surface area contributed by atoms with E-state index < -0.39 is 11.9 Å². The third-order valence-electron chi connectivity index (χ3n) is 3.95. The fraction of sp³-hybridized carbons (Fsp3) is 0.533. The van der Waals surface area contributed by atoms with Crippen molar-refractivity contribution in [3.05, 3.63) is 29.6 Å². The molecule has 0 saturated carbocycles. The molecule has 0 unspecified atom stereocenters. The standard InChI is InChI=1S/C15H20N2O3/c1-9(2)12-7-17(8-13(12)15(19)20)14(18)11-4-10(3)5-16-6-11/h4-6,9,12-13H,7-8H2,1-3H3,(H,19,20)/t12-,13+/m0/s1. The summed E-state index contributed by atoms with van der Waals surface area (Å²) < 4.78 is 0. The highest BCUT2D eigenvalue weighted by Gasteiger charge is 2.41. The van der Waals surface area contributed by atoms with Crippen molar-refractivity contribution in [2.24, 2.45) is 17.8 Å². The summed E-state index contributed by atoms with van der Waals surface area (Å²) in [5.41, 5.74) is 1.45. The minimum Gasteiger partial charge on any atom is -0.481 e. The second-order valence-electron chi connectivity index (χ2n) is 5.81. The molecule has 2 rings (SSSR count). The number of pyridine rings is 1. The Morgan fingerprint density at radius 1 is 1.35 bits per heavy atom. The van der Waals surface area contributed by atoms with Gasteiger partial charge >= 0.3 is 5.97 Å². The first-order valence-corrected chi connectivity index (χ1v) is 6.84. The number of carboxylic acid groups (broad SMARTS) is 1. The van der Waals surface area contributed by atoms with Crippen LogP contribution in [0.5, 0.6) is 0 Å². The van der Waals surface area contributed by atoms with Crippen molar-refractivity contribution in [3.63, 3.8) is 0 Å². The van der Waals surface area contributed by atoms with Gasteiger partial charge in [-0.15, -0.1) is 0 Å². The molecule has 5 nitrogen and oxygen atoms in total. The van der Waals surface area contributed by atoms with E-state index in [4.69, 9.17) is 0 Å². The Bertz CT molecular complexity index is 528. The first kappa shape index (κ1) is 14.5. The monoisotopic (exact) mass is 276 g/mol. The molecule has 0 aromatic carbocycles. The van der Waals surface area contributed by atoms with Gasteiger partial charge in [0.15, 0.2) is 0 Å². The highest BCUT2D eigenvalue weighted by atomic mass is 16.4. The van der Waals surface area contributed by atoms with Crippen molar-refractivity contribution in [2.45, 2.75) is 20.8 Å². The Morgan fingerprint density at radius 2 is 2.05 bits per heavy atom. The van der Waals surface area contributed by atoms with Gasteiger partial charge in [0.2, 0.25) is 0 Å². The molecule has 1 aromatic heterocycles. The number of likely N-dealkylation sites (tertiary alicyclic amines) is 1. The fourth-order valence-electron chi connectivity index (χ4n) is 2.79. The smallest absolute Gasteiger partial charge is 0.308 e. The molecule has 0 bridgehead atoms. The summed E-state index contributed by atoms with van der Waals surface area (Å²) >= 11 is 0. The summed E-state index contributed by atoms with van der Waals surface area (Å²) in [6.45, 7) is 6.67. The lowest BCUT2D eigenvalue weighted by Gasteiger charge is -2.18. The molecule has 1 fully saturated rings. The predicted molar refractivity (Wildman–Crippen MR) is 74.3 cm³/mol. The Balaban J connectivity index is 2.18. The summed E-state index contributed by atoms with van der Waals surface area (Å²) in [5.74, 6) is -1.17. The van der Waals surface area contributed by atoms with Crippen LogP contribution in [0, 0.1) is 24.7 Å². The molecule has 20 heavy (non-hydrogen) atoms. The van der Waals surface area contributed by atoms with E-state index in [-0.39, 0.29) is 24.3 Å². The second-order valence-corrected chi connectivity index (χ2v) is 5.81. The average Bonchev–Trinajstić information content (AvgIpc) is 2.83. The number of carbonyl (C=O) groups is 2. The van der Waals surface area contributed by atoms with Crippen LogP contribution < -0.4 is 0 Å². The van der Waals surface area contributed by atoms with Gasteiger partial charge in [0.25, 0.3) is 5.91 Å². The molecule has 1 saturated heterocycles. The maximum atomic E-state index is 12.4. The topological polar surface area (TPSA) is 70.5 Å². The molecule has 5 heteroatoms. The minimum atomic E-state index is -0.818. The van der Waals surface area contributed by atoms with Gasteiger partial charge in [0.05, 0.1) is 11.5 Å². The van der Waals surface area contributed by atoms with Crippen molar-refractivity contribution in [1.82, 2.24) is 9.88 Å². The molecule has 2 heterocycles. The Hall–Kier alpha value is -1.91. The molecule has 1 amide bonds. The number of carboxylic acids is 1. The van der Waals surface area contributed by atoms with Crippen LogP contribution in [0.3, 0.4) is 0 Å². The van der Waals surface area contributed by atoms with Crippen molar-refractivity contribution in [2.75, 3.05) is 13.1 Å². The maximum absolute atomic E-state index is 12.4. The fourth-order valence-corrected chi connectivity index (χ4v) is 2.79. The summed E-state index contributed by atoms with van der Waals surface area (Å²) in [6.07, 6.45) is 3.23. The van der Waals surface area contributed by atoms with Gasteiger partial charge in [0, 0.05) is 25.5 Å². The van der Waals surface area contributed by atoms with Gasteiger partial charge in [-0.25, -0.2) is 0 Å². The molecule has 1 aliphatic heterocycles. The lowest BCUT2D eigenvalue weighted by atomic mass is 9.86. The summed E-state index contributed by atoms with van der Waals surface area (Å²) in [4.78, 5) is 29.4. The van der Waals surface area contributed by atoms with Crippen LogP contribution in [0.25, 0.3) is 0 Å². The molecule has 1 aliphatic rings. The number of carbonyl (C=O) groups excluding carboxylic acids is 1. The van der Waals surface area contributed by atoms with Gasteiger partial charge in [0.1, 0.15) is 0 Å². The number of hydrogen-bond acceptors (Lipinski definition) is 3. The molecular formula is C15H20N2O3. The number of rotatable bonds is 3. The largest absolute Gasteiger partial charge is 0.481 e. The lowest BCUT2D eigenvalue weighted by Crippen LogP contribution is -2.30. The molecule has 0 radical (unpaired) electrons.